The average Bonchev–Trinajstić information content (AvgIpc) is 3.11. The largest absolute Gasteiger partial charge is 0.396 e. The van der Waals surface area contributed by atoms with Crippen molar-refractivity contribution in [1.82, 2.24) is 15.5 Å². The van der Waals surface area contributed by atoms with Gasteiger partial charge in [-0.3, -0.25) is 4.79 Å². The van der Waals surface area contributed by atoms with Crippen molar-refractivity contribution in [3.05, 3.63) is 35.7 Å². The number of aliphatic hydroxyl groups is 1. The van der Waals surface area contributed by atoms with Crippen LogP contribution in [-0.2, 0) is 11.2 Å². The fourth-order valence-electron chi connectivity index (χ4n) is 3.46. The smallest absolute Gasteiger partial charge is 0.226 e. The maximum Gasteiger partial charge on any atom is 0.226 e. The van der Waals surface area contributed by atoms with Gasteiger partial charge in [-0.2, -0.15) is 4.98 Å². The van der Waals surface area contributed by atoms with Crippen LogP contribution in [0.25, 0.3) is 11.4 Å². The van der Waals surface area contributed by atoms with Gasteiger partial charge in [-0.25, -0.2) is 0 Å². The summed E-state index contributed by atoms with van der Waals surface area (Å²) in [7, 11) is 0. The number of hydrogen-bond acceptors (Lipinski definition) is 5. The number of hydrogen-bond donors (Lipinski definition) is 2. The number of aliphatic hydroxyl groups excluding tert-OH is 1. The zero-order valence-corrected chi connectivity index (χ0v) is 15.3. The number of amides is 1. The first-order valence-corrected chi connectivity index (χ1v) is 9.44. The Bertz CT molecular complexity index is 711. The van der Waals surface area contributed by atoms with E-state index in [1.807, 2.05) is 31.2 Å². The number of aromatic nitrogens is 2. The van der Waals surface area contributed by atoms with Crippen molar-refractivity contribution in [3.8, 4) is 11.4 Å². The normalized spacial score (nSPS) is 20.1. The van der Waals surface area contributed by atoms with E-state index in [4.69, 9.17) is 4.52 Å². The van der Waals surface area contributed by atoms with Crippen LogP contribution in [0.15, 0.2) is 28.8 Å². The molecule has 1 aromatic heterocycles. The molecule has 0 unspecified atom stereocenters. The molecule has 140 valence electrons. The zero-order chi connectivity index (χ0) is 18.4. The summed E-state index contributed by atoms with van der Waals surface area (Å²) in [5, 5.41) is 16.4. The summed E-state index contributed by atoms with van der Waals surface area (Å²) < 4.78 is 5.29. The van der Waals surface area contributed by atoms with Gasteiger partial charge in [0.05, 0.1) is 0 Å². The molecule has 0 radical (unpaired) electrons. The van der Waals surface area contributed by atoms with Gasteiger partial charge in [0.15, 0.2) is 0 Å². The highest BCUT2D eigenvalue weighted by Gasteiger charge is 2.22. The van der Waals surface area contributed by atoms with Crippen LogP contribution in [0.1, 0.15) is 50.0 Å². The second-order valence-electron chi connectivity index (χ2n) is 7.21. The second kappa shape index (κ2) is 8.94. The van der Waals surface area contributed by atoms with Gasteiger partial charge in [0.25, 0.3) is 0 Å². The molecule has 26 heavy (non-hydrogen) atoms. The van der Waals surface area contributed by atoms with Crippen molar-refractivity contribution in [1.29, 1.82) is 0 Å². The molecule has 0 bridgehead atoms. The highest BCUT2D eigenvalue weighted by molar-refractivity contribution is 5.76. The van der Waals surface area contributed by atoms with Crippen molar-refractivity contribution in [2.75, 3.05) is 6.61 Å². The first-order valence-electron chi connectivity index (χ1n) is 9.44. The minimum absolute atomic E-state index is 0.0619. The number of rotatable bonds is 7. The molecular weight excluding hydrogens is 330 g/mol. The molecule has 1 fully saturated rings. The number of nitrogens with zero attached hydrogens (tertiary/aromatic N) is 2. The first-order chi connectivity index (χ1) is 12.6. The van der Waals surface area contributed by atoms with Crippen LogP contribution in [0.4, 0.5) is 0 Å². The predicted octanol–water partition coefficient (Wildman–Crippen LogP) is 3.04. The molecule has 6 heteroatoms. The highest BCUT2D eigenvalue weighted by atomic mass is 16.5. The molecule has 1 aliphatic carbocycles. The maximum absolute atomic E-state index is 12.1. The summed E-state index contributed by atoms with van der Waals surface area (Å²) in [5.74, 6) is 1.53. The summed E-state index contributed by atoms with van der Waals surface area (Å²) in [6.07, 6.45) is 5.73. The van der Waals surface area contributed by atoms with Crippen molar-refractivity contribution >= 4 is 5.91 Å². The fraction of sp³-hybridized carbons (Fsp3) is 0.550. The van der Waals surface area contributed by atoms with E-state index >= 15 is 0 Å². The number of nitrogens with one attached hydrogen (secondary N) is 1. The van der Waals surface area contributed by atoms with E-state index in [0.29, 0.717) is 36.9 Å². The van der Waals surface area contributed by atoms with Crippen LogP contribution in [0.2, 0.25) is 0 Å². The van der Waals surface area contributed by atoms with Gasteiger partial charge >= 0.3 is 0 Å². The van der Waals surface area contributed by atoms with Crippen molar-refractivity contribution in [2.24, 2.45) is 5.92 Å². The van der Waals surface area contributed by atoms with E-state index in [1.165, 1.54) is 5.56 Å². The minimum Gasteiger partial charge on any atom is -0.396 e. The molecule has 0 aliphatic heterocycles. The minimum atomic E-state index is 0.0619. The summed E-state index contributed by atoms with van der Waals surface area (Å²) in [6.45, 7) is 2.25. The SMILES string of the molecule is Cc1ccc(-c2noc(CCCC(=O)N[C@@H]3CCC[C@@H](CO)C3)n2)cc1. The van der Waals surface area contributed by atoms with Gasteiger partial charge in [0, 0.05) is 31.1 Å². The molecule has 2 N–H and O–H groups in total. The van der Waals surface area contributed by atoms with Gasteiger partial charge in [-0.15, -0.1) is 0 Å². The van der Waals surface area contributed by atoms with Gasteiger partial charge in [0.1, 0.15) is 0 Å². The molecule has 1 amide bonds. The van der Waals surface area contributed by atoms with E-state index < -0.39 is 0 Å². The van der Waals surface area contributed by atoms with Crippen molar-refractivity contribution in [3.63, 3.8) is 0 Å². The topological polar surface area (TPSA) is 88.2 Å². The second-order valence-corrected chi connectivity index (χ2v) is 7.21. The number of benzene rings is 1. The average molecular weight is 357 g/mol. The molecule has 3 rings (SSSR count). The van der Waals surface area contributed by atoms with Gasteiger partial charge in [-0.05, 0) is 38.5 Å². The standard InChI is InChI=1S/C20H27N3O3/c1-14-8-10-16(11-9-14)20-22-19(26-23-20)7-3-6-18(25)21-17-5-2-4-15(12-17)13-24/h8-11,15,17,24H,2-7,12-13H2,1H3,(H,21,25)/t15-,17-/m1/s1. The third-order valence-electron chi connectivity index (χ3n) is 4.98. The van der Waals surface area contributed by atoms with Crippen molar-refractivity contribution < 1.29 is 14.4 Å². The lowest BCUT2D eigenvalue weighted by molar-refractivity contribution is -0.122. The van der Waals surface area contributed by atoms with E-state index in [-0.39, 0.29) is 18.6 Å². The Morgan fingerprint density at radius 2 is 2.12 bits per heavy atom. The number of aryl methyl sites for hydroxylation is 2. The third kappa shape index (κ3) is 5.14. The molecule has 1 saturated carbocycles. The lowest BCUT2D eigenvalue weighted by Gasteiger charge is -2.28. The molecule has 1 aliphatic rings. The zero-order valence-electron chi connectivity index (χ0n) is 15.3. The molecule has 2 atom stereocenters. The summed E-state index contributed by atoms with van der Waals surface area (Å²) in [5.41, 5.74) is 2.12. The molecule has 1 aromatic carbocycles. The van der Waals surface area contributed by atoms with E-state index in [1.54, 1.807) is 0 Å². The fourth-order valence-corrected chi connectivity index (χ4v) is 3.46. The monoisotopic (exact) mass is 357 g/mol. The Morgan fingerprint density at radius 3 is 2.88 bits per heavy atom. The molecule has 0 spiro atoms. The number of carbonyl (C=O) groups is 1. The predicted molar refractivity (Wildman–Crippen MR) is 98.4 cm³/mol. The van der Waals surface area contributed by atoms with Crippen molar-refractivity contribution in [2.45, 2.75) is 57.9 Å². The van der Waals surface area contributed by atoms with Crippen LogP contribution >= 0.6 is 0 Å². The van der Waals surface area contributed by atoms with E-state index in [2.05, 4.69) is 15.5 Å². The Labute approximate surface area is 154 Å². The molecule has 1 heterocycles. The summed E-state index contributed by atoms with van der Waals surface area (Å²) >= 11 is 0. The summed E-state index contributed by atoms with van der Waals surface area (Å²) in [6, 6.07) is 8.18. The molecule has 0 saturated heterocycles. The van der Waals surface area contributed by atoms with Gasteiger partial charge in [-0.1, -0.05) is 41.4 Å². The summed E-state index contributed by atoms with van der Waals surface area (Å²) in [4.78, 5) is 16.5. The van der Waals surface area contributed by atoms with Gasteiger partial charge in [0.2, 0.25) is 17.6 Å². The van der Waals surface area contributed by atoms with Crippen LogP contribution in [0.5, 0.6) is 0 Å². The number of carbonyl (C=O) groups excluding carboxylic acids is 1. The molecule has 2 aromatic rings. The Kier molecular flexibility index (Phi) is 6.39. The van der Waals surface area contributed by atoms with E-state index in [9.17, 15) is 9.90 Å². The molecule has 6 nitrogen and oxygen atoms in total. The van der Waals surface area contributed by atoms with E-state index in [0.717, 1.165) is 31.2 Å². The third-order valence-corrected chi connectivity index (χ3v) is 4.98. The van der Waals surface area contributed by atoms with Crippen LogP contribution in [-0.4, -0.2) is 33.8 Å². The maximum atomic E-state index is 12.1. The van der Waals surface area contributed by atoms with Crippen LogP contribution in [0, 0.1) is 12.8 Å². The first kappa shape index (κ1) is 18.6. The lowest BCUT2D eigenvalue weighted by atomic mass is 9.86. The molecular formula is C20H27N3O3. The highest BCUT2D eigenvalue weighted by Crippen LogP contribution is 2.24. The van der Waals surface area contributed by atoms with Crippen LogP contribution in [0.3, 0.4) is 0 Å². The Balaban J connectivity index is 1.42. The Hall–Kier alpha value is -2.21. The quantitative estimate of drug-likeness (QED) is 0.795. The lowest BCUT2D eigenvalue weighted by Crippen LogP contribution is -2.38. The van der Waals surface area contributed by atoms with Gasteiger partial charge < -0.3 is 14.9 Å². The Morgan fingerprint density at radius 1 is 1.31 bits per heavy atom. The van der Waals surface area contributed by atoms with Crippen LogP contribution < -0.4 is 5.32 Å².